The summed E-state index contributed by atoms with van der Waals surface area (Å²) in [4.78, 5) is 8.76. The van der Waals surface area contributed by atoms with Crippen LogP contribution in [0.3, 0.4) is 0 Å². The van der Waals surface area contributed by atoms with Gasteiger partial charge in [0.1, 0.15) is 12.0 Å². The summed E-state index contributed by atoms with van der Waals surface area (Å²) in [5.74, 6) is 0.752. The number of methoxy groups -OCH3 is 1. The molecule has 0 spiro atoms. The molecule has 7 heteroatoms. The monoisotopic (exact) mass is 485 g/mol. The van der Waals surface area contributed by atoms with Crippen LogP contribution in [0.4, 0.5) is 0 Å². The molecule has 6 nitrogen and oxygen atoms in total. The Hall–Kier alpha value is -3.28. The van der Waals surface area contributed by atoms with E-state index in [1.165, 1.54) is 0 Å². The number of rotatable bonds is 5. The standard InChI is InChI=1S/C28H27N3O3S/c1-17-15-31(16-18(2)34-17)28(32)25-12-11-24(35-25)23-14-30-26-21(5-4-6-22(26)27(23)33-3)20-9-7-19(13-29)8-10-20/h4-12,14,17-18,28,32H,15-16H2,1-3H3/t17-,18+,28?. The smallest absolute Gasteiger partial charge is 0.142 e. The van der Waals surface area contributed by atoms with E-state index in [0.717, 1.165) is 43.1 Å². The number of hydrogen-bond acceptors (Lipinski definition) is 7. The number of fused-ring (bicyclic) bond motifs is 1. The van der Waals surface area contributed by atoms with E-state index in [2.05, 4.69) is 11.0 Å². The first-order valence-electron chi connectivity index (χ1n) is 11.6. The minimum atomic E-state index is -0.676. The largest absolute Gasteiger partial charge is 0.495 e. The molecule has 1 fully saturated rings. The molecule has 0 amide bonds. The van der Waals surface area contributed by atoms with Crippen LogP contribution < -0.4 is 4.74 Å². The summed E-state index contributed by atoms with van der Waals surface area (Å²) in [7, 11) is 1.67. The van der Waals surface area contributed by atoms with Gasteiger partial charge in [0.05, 0.1) is 42.0 Å². The van der Waals surface area contributed by atoms with Gasteiger partial charge in [0.15, 0.2) is 0 Å². The minimum Gasteiger partial charge on any atom is -0.495 e. The quantitative estimate of drug-likeness (QED) is 0.396. The lowest BCUT2D eigenvalue weighted by atomic mass is 9.99. The highest BCUT2D eigenvalue weighted by molar-refractivity contribution is 7.15. The highest BCUT2D eigenvalue weighted by Crippen LogP contribution is 2.42. The average Bonchev–Trinajstić information content (AvgIpc) is 3.36. The Morgan fingerprint density at radius 1 is 1.09 bits per heavy atom. The van der Waals surface area contributed by atoms with Crippen LogP contribution >= 0.6 is 11.3 Å². The molecule has 1 aliphatic rings. The summed E-state index contributed by atoms with van der Waals surface area (Å²) in [6.45, 7) is 5.45. The second kappa shape index (κ2) is 9.76. The van der Waals surface area contributed by atoms with E-state index in [1.54, 1.807) is 18.4 Å². The summed E-state index contributed by atoms with van der Waals surface area (Å²) in [6, 6.07) is 19.7. The number of morpholine rings is 1. The average molecular weight is 486 g/mol. The summed E-state index contributed by atoms with van der Waals surface area (Å²) in [6.07, 6.45) is 1.34. The van der Waals surface area contributed by atoms with Gasteiger partial charge in [-0.2, -0.15) is 5.26 Å². The maximum atomic E-state index is 11.1. The fourth-order valence-corrected chi connectivity index (χ4v) is 5.82. The van der Waals surface area contributed by atoms with Gasteiger partial charge in [0, 0.05) is 40.0 Å². The first-order chi connectivity index (χ1) is 17.0. The van der Waals surface area contributed by atoms with Gasteiger partial charge < -0.3 is 14.6 Å². The van der Waals surface area contributed by atoms with E-state index in [-0.39, 0.29) is 12.2 Å². The van der Waals surface area contributed by atoms with Crippen molar-refractivity contribution in [2.45, 2.75) is 32.3 Å². The number of nitrogens with zero attached hydrogens (tertiary/aromatic N) is 3. The lowest BCUT2D eigenvalue weighted by Gasteiger charge is -2.37. The highest BCUT2D eigenvalue weighted by atomic mass is 32.1. The third kappa shape index (κ3) is 4.54. The molecule has 1 aliphatic heterocycles. The minimum absolute atomic E-state index is 0.0860. The number of benzene rings is 2. The zero-order valence-electron chi connectivity index (χ0n) is 19.9. The van der Waals surface area contributed by atoms with E-state index in [1.807, 2.05) is 74.6 Å². The molecule has 2 aromatic carbocycles. The Balaban J connectivity index is 1.51. The number of hydrogen-bond donors (Lipinski definition) is 1. The van der Waals surface area contributed by atoms with Crippen molar-refractivity contribution < 1.29 is 14.6 Å². The summed E-state index contributed by atoms with van der Waals surface area (Å²) >= 11 is 1.55. The Bertz CT molecular complexity index is 1380. The van der Waals surface area contributed by atoms with Crippen LogP contribution in [-0.4, -0.2) is 47.4 Å². The molecular formula is C28H27N3O3S. The van der Waals surface area contributed by atoms with Gasteiger partial charge in [-0.05, 0) is 49.7 Å². The van der Waals surface area contributed by atoms with Crippen molar-refractivity contribution in [3.05, 3.63) is 71.2 Å². The van der Waals surface area contributed by atoms with E-state index in [0.29, 0.717) is 18.7 Å². The van der Waals surface area contributed by atoms with Crippen LogP contribution in [0.1, 0.15) is 30.5 Å². The summed E-state index contributed by atoms with van der Waals surface area (Å²) in [5.41, 5.74) is 4.33. The van der Waals surface area contributed by atoms with Crippen molar-refractivity contribution in [3.63, 3.8) is 0 Å². The van der Waals surface area contributed by atoms with Crippen molar-refractivity contribution in [2.24, 2.45) is 0 Å². The fraction of sp³-hybridized carbons (Fsp3) is 0.286. The molecule has 4 aromatic rings. The van der Waals surface area contributed by atoms with Gasteiger partial charge in [-0.25, -0.2) is 0 Å². The number of aliphatic hydroxyl groups is 1. The second-order valence-electron chi connectivity index (χ2n) is 8.88. The predicted molar refractivity (Wildman–Crippen MR) is 138 cm³/mol. The summed E-state index contributed by atoms with van der Waals surface area (Å²) in [5, 5.41) is 21.1. The maximum Gasteiger partial charge on any atom is 0.142 e. The Labute approximate surface area is 209 Å². The van der Waals surface area contributed by atoms with Crippen LogP contribution in [0.25, 0.3) is 32.5 Å². The molecule has 1 saturated heterocycles. The van der Waals surface area contributed by atoms with Crippen LogP contribution in [0.2, 0.25) is 0 Å². The van der Waals surface area contributed by atoms with Crippen LogP contribution in [-0.2, 0) is 4.74 Å². The molecule has 3 atom stereocenters. The van der Waals surface area contributed by atoms with Gasteiger partial charge in [-0.1, -0.05) is 24.3 Å². The lowest BCUT2D eigenvalue weighted by Crippen LogP contribution is -2.46. The molecule has 1 N–H and O–H groups in total. The zero-order valence-corrected chi connectivity index (χ0v) is 20.7. The molecular weight excluding hydrogens is 458 g/mol. The maximum absolute atomic E-state index is 11.1. The Kier molecular flexibility index (Phi) is 6.54. The predicted octanol–water partition coefficient (Wildman–Crippen LogP) is 5.61. The normalized spacial score (nSPS) is 19.4. The van der Waals surface area contributed by atoms with Crippen molar-refractivity contribution in [1.82, 2.24) is 9.88 Å². The van der Waals surface area contributed by atoms with Crippen molar-refractivity contribution >= 4 is 22.2 Å². The highest BCUT2D eigenvalue weighted by Gasteiger charge is 2.29. The van der Waals surface area contributed by atoms with E-state index >= 15 is 0 Å². The third-order valence-electron chi connectivity index (χ3n) is 6.32. The second-order valence-corrected chi connectivity index (χ2v) is 10.00. The molecule has 2 aromatic heterocycles. The van der Waals surface area contributed by atoms with Gasteiger partial charge >= 0.3 is 0 Å². The molecule has 0 aliphatic carbocycles. The molecule has 0 bridgehead atoms. The SMILES string of the molecule is COc1c(-c2ccc(C(O)N3C[C@@H](C)O[C@@H](C)C3)s2)cnc2c(-c3ccc(C#N)cc3)cccc12. The van der Waals surface area contributed by atoms with Crippen molar-refractivity contribution in [2.75, 3.05) is 20.2 Å². The number of pyridine rings is 1. The van der Waals surface area contributed by atoms with Gasteiger partial charge in [0.2, 0.25) is 0 Å². The van der Waals surface area contributed by atoms with E-state index in [4.69, 9.17) is 19.7 Å². The Morgan fingerprint density at radius 2 is 1.83 bits per heavy atom. The molecule has 35 heavy (non-hydrogen) atoms. The van der Waals surface area contributed by atoms with E-state index in [9.17, 15) is 5.11 Å². The molecule has 0 radical (unpaired) electrons. The first kappa shape index (κ1) is 23.5. The van der Waals surface area contributed by atoms with Gasteiger partial charge in [0.25, 0.3) is 0 Å². The number of para-hydroxylation sites is 1. The number of aromatic nitrogens is 1. The van der Waals surface area contributed by atoms with Gasteiger partial charge in [-0.3, -0.25) is 9.88 Å². The molecule has 3 heterocycles. The van der Waals surface area contributed by atoms with Crippen molar-refractivity contribution in [3.8, 4) is 33.4 Å². The fourth-order valence-electron chi connectivity index (χ4n) is 4.78. The van der Waals surface area contributed by atoms with Crippen LogP contribution in [0.15, 0.2) is 60.8 Å². The lowest BCUT2D eigenvalue weighted by molar-refractivity contribution is -0.120. The molecule has 178 valence electrons. The van der Waals surface area contributed by atoms with E-state index < -0.39 is 6.23 Å². The summed E-state index contributed by atoms with van der Waals surface area (Å²) < 4.78 is 11.7. The van der Waals surface area contributed by atoms with Crippen LogP contribution in [0, 0.1) is 11.3 Å². The number of thiophene rings is 1. The molecule has 0 saturated carbocycles. The topological polar surface area (TPSA) is 78.6 Å². The van der Waals surface area contributed by atoms with Gasteiger partial charge in [-0.15, -0.1) is 11.3 Å². The molecule has 1 unspecified atom stereocenters. The zero-order chi connectivity index (χ0) is 24.5. The number of ether oxygens (including phenoxy) is 2. The molecule has 5 rings (SSSR count). The third-order valence-corrected chi connectivity index (χ3v) is 7.48. The number of nitriles is 1. The first-order valence-corrected chi connectivity index (χ1v) is 12.4. The van der Waals surface area contributed by atoms with Crippen molar-refractivity contribution in [1.29, 1.82) is 5.26 Å². The number of aliphatic hydroxyl groups excluding tert-OH is 1. The Morgan fingerprint density at radius 3 is 2.51 bits per heavy atom. The van der Waals surface area contributed by atoms with Crippen LogP contribution in [0.5, 0.6) is 5.75 Å².